The van der Waals surface area contributed by atoms with Crippen LogP contribution in [0.4, 0.5) is 4.39 Å². The molecule has 2 aliphatic heterocycles. The van der Waals surface area contributed by atoms with Crippen molar-refractivity contribution in [3.05, 3.63) is 58.9 Å². The maximum absolute atomic E-state index is 13.2. The number of hydrogen-bond acceptors (Lipinski definition) is 3. The number of benzene rings is 2. The van der Waals surface area contributed by atoms with Crippen molar-refractivity contribution in [3.8, 4) is 0 Å². The first-order valence-corrected chi connectivity index (χ1v) is 8.55. The molecule has 122 valence electrons. The van der Waals surface area contributed by atoms with E-state index in [1.807, 2.05) is 6.07 Å². The number of aryl methyl sites for hydroxylation is 1. The van der Waals surface area contributed by atoms with E-state index in [1.54, 1.807) is 6.07 Å². The van der Waals surface area contributed by atoms with Crippen LogP contribution in [0.15, 0.2) is 36.4 Å². The monoisotopic (exact) mass is 323 g/mol. The van der Waals surface area contributed by atoms with Gasteiger partial charge < -0.3 is 14.5 Å². The van der Waals surface area contributed by atoms with Gasteiger partial charge in [-0.25, -0.2) is 4.39 Å². The molecule has 6 heteroatoms. The number of halogens is 1. The summed E-state index contributed by atoms with van der Waals surface area (Å²) in [4.78, 5) is 0. The summed E-state index contributed by atoms with van der Waals surface area (Å²) in [5.41, 5.74) is 5.92. The van der Waals surface area contributed by atoms with Crippen molar-refractivity contribution in [1.82, 2.24) is 5.23 Å². The molecule has 0 aromatic heterocycles. The van der Waals surface area contributed by atoms with Gasteiger partial charge in [0.15, 0.2) is 0 Å². The lowest BCUT2D eigenvalue weighted by Gasteiger charge is -2.11. The van der Waals surface area contributed by atoms with Crippen LogP contribution in [0.2, 0.25) is 6.32 Å². The Morgan fingerprint density at radius 1 is 1.04 bits per heavy atom. The summed E-state index contributed by atoms with van der Waals surface area (Å²) in [6, 6.07) is 11.4. The van der Waals surface area contributed by atoms with E-state index in [0.717, 1.165) is 30.3 Å². The molecule has 0 saturated carbocycles. The lowest BCUT2D eigenvalue weighted by atomic mass is 9.58. The first-order valence-electron chi connectivity index (χ1n) is 8.55. The number of hydrogen-bond donors (Lipinski definition) is 1. The van der Waals surface area contributed by atoms with Gasteiger partial charge >= 0.3 is 14.0 Å². The average Bonchev–Trinajstić information content (AvgIpc) is 3.15. The Kier molecular flexibility index (Phi) is 4.44. The van der Waals surface area contributed by atoms with Crippen LogP contribution in [0.1, 0.15) is 23.1 Å². The highest BCUT2D eigenvalue weighted by molar-refractivity contribution is 6.69. The molecule has 4 rings (SSSR count). The van der Waals surface area contributed by atoms with E-state index < -0.39 is 0 Å². The Morgan fingerprint density at radius 3 is 2.75 bits per heavy atom. The van der Waals surface area contributed by atoms with Gasteiger partial charge in [0.05, 0.1) is 13.2 Å². The molecule has 2 aliphatic rings. The van der Waals surface area contributed by atoms with Crippen molar-refractivity contribution in [2.45, 2.75) is 32.9 Å². The zero-order chi connectivity index (χ0) is 16.5. The Morgan fingerprint density at radius 2 is 1.83 bits per heavy atom. The second-order valence-electron chi connectivity index (χ2n) is 6.63. The minimum Gasteiger partial charge on any atom is -0.427 e. The third-order valence-corrected chi connectivity index (χ3v) is 4.85. The van der Waals surface area contributed by atoms with E-state index in [9.17, 15) is 4.39 Å². The molecule has 0 saturated heterocycles. The molecule has 2 aromatic rings. The molecule has 0 radical (unpaired) electrons. The molecule has 0 bridgehead atoms. The van der Waals surface area contributed by atoms with Gasteiger partial charge in [0.2, 0.25) is 0 Å². The minimum atomic E-state index is -0.188. The number of fused-ring (bicyclic) bond motifs is 2. The van der Waals surface area contributed by atoms with E-state index in [-0.39, 0.29) is 19.8 Å². The van der Waals surface area contributed by atoms with Gasteiger partial charge in [-0.1, -0.05) is 29.8 Å². The summed E-state index contributed by atoms with van der Waals surface area (Å²) in [5, 5.41) is 3.48. The van der Waals surface area contributed by atoms with E-state index in [4.69, 9.17) is 9.31 Å². The maximum Gasteiger partial charge on any atom is 0.416 e. The van der Waals surface area contributed by atoms with Gasteiger partial charge in [-0.05, 0) is 60.4 Å². The van der Waals surface area contributed by atoms with Crippen LogP contribution in [-0.2, 0) is 22.5 Å². The van der Waals surface area contributed by atoms with E-state index in [2.05, 4.69) is 30.4 Å². The van der Waals surface area contributed by atoms with Crippen molar-refractivity contribution in [2.24, 2.45) is 0 Å². The van der Waals surface area contributed by atoms with Crippen LogP contribution in [0, 0.1) is 12.7 Å². The zero-order valence-corrected chi connectivity index (χ0v) is 13.8. The van der Waals surface area contributed by atoms with Crippen LogP contribution in [0.25, 0.3) is 0 Å². The molecule has 2 heterocycles. The molecule has 0 amide bonds. The first kappa shape index (κ1) is 15.9. The van der Waals surface area contributed by atoms with Crippen molar-refractivity contribution < 1.29 is 13.7 Å². The van der Waals surface area contributed by atoms with Crippen LogP contribution in [-0.4, -0.2) is 20.5 Å². The minimum absolute atomic E-state index is 0.00789. The molecule has 0 aliphatic carbocycles. The standard InChI is InChI=1S/C18H20B2FNO2/c1-13-3-5-18-14(9-13)12-24-20(18)22-8-2-7-19-17-6-4-16(21)10-15(17)11-23-19/h3-6,9-10,22H,2,7-8,11-12H2,1H3. The lowest BCUT2D eigenvalue weighted by molar-refractivity contribution is 0.321. The molecular weight excluding hydrogens is 303 g/mol. The Labute approximate surface area is 142 Å². The first-order chi connectivity index (χ1) is 11.7. The molecule has 3 nitrogen and oxygen atoms in total. The highest BCUT2D eigenvalue weighted by Crippen LogP contribution is 2.16. The van der Waals surface area contributed by atoms with Gasteiger partial charge in [0.25, 0.3) is 0 Å². The highest BCUT2D eigenvalue weighted by atomic mass is 19.1. The van der Waals surface area contributed by atoms with Gasteiger partial charge in [-0.3, -0.25) is 0 Å². The molecular formula is C18H20B2FNO2. The fraction of sp³-hybridized carbons (Fsp3) is 0.333. The van der Waals surface area contributed by atoms with Gasteiger partial charge in [-0.15, -0.1) is 0 Å². The van der Waals surface area contributed by atoms with Crippen molar-refractivity contribution in [3.63, 3.8) is 0 Å². The largest absolute Gasteiger partial charge is 0.427 e. The summed E-state index contributed by atoms with van der Waals surface area (Å²) < 4.78 is 24.9. The number of nitrogens with one attached hydrogen (secondary N) is 1. The second-order valence-corrected chi connectivity index (χ2v) is 6.63. The SMILES string of the molecule is Cc1ccc2c(c1)COB2NCCCB1OCc2cc(F)ccc21. The number of rotatable bonds is 5. The summed E-state index contributed by atoms with van der Waals surface area (Å²) in [5.74, 6) is -0.188. The Hall–Kier alpha value is -1.62. The Balaban J connectivity index is 1.28. The van der Waals surface area contributed by atoms with Gasteiger partial charge in [-0.2, -0.15) is 0 Å². The fourth-order valence-electron chi connectivity index (χ4n) is 3.60. The maximum atomic E-state index is 13.2. The van der Waals surface area contributed by atoms with Gasteiger partial charge in [0, 0.05) is 0 Å². The molecule has 1 N–H and O–H groups in total. The molecule has 0 spiro atoms. The predicted molar refractivity (Wildman–Crippen MR) is 95.4 cm³/mol. The van der Waals surface area contributed by atoms with Crippen LogP contribution in [0.3, 0.4) is 0 Å². The normalized spacial score (nSPS) is 15.8. The summed E-state index contributed by atoms with van der Waals surface area (Å²) in [6.07, 6.45) is 1.92. The van der Waals surface area contributed by atoms with Crippen molar-refractivity contribution >= 4 is 24.9 Å². The zero-order valence-electron chi connectivity index (χ0n) is 13.8. The van der Waals surface area contributed by atoms with Crippen LogP contribution < -0.4 is 16.2 Å². The summed E-state index contributed by atoms with van der Waals surface area (Å²) in [7, 11) is -0.00789. The predicted octanol–water partition coefficient (Wildman–Crippen LogP) is 1.77. The molecule has 24 heavy (non-hydrogen) atoms. The van der Waals surface area contributed by atoms with E-state index >= 15 is 0 Å². The molecule has 0 fully saturated rings. The third-order valence-electron chi connectivity index (χ3n) is 4.85. The third kappa shape index (κ3) is 3.14. The van der Waals surface area contributed by atoms with Crippen molar-refractivity contribution in [2.75, 3.05) is 6.54 Å². The summed E-state index contributed by atoms with van der Waals surface area (Å²) in [6.45, 7) is 4.26. The second kappa shape index (κ2) is 6.71. The smallest absolute Gasteiger partial charge is 0.416 e. The summed E-state index contributed by atoms with van der Waals surface area (Å²) >= 11 is 0. The van der Waals surface area contributed by atoms with Crippen molar-refractivity contribution in [1.29, 1.82) is 0 Å². The molecule has 2 aromatic carbocycles. The van der Waals surface area contributed by atoms with Crippen LogP contribution >= 0.6 is 0 Å². The quantitative estimate of drug-likeness (QED) is 0.672. The van der Waals surface area contributed by atoms with E-state index in [0.29, 0.717) is 13.2 Å². The molecule has 0 atom stereocenters. The highest BCUT2D eigenvalue weighted by Gasteiger charge is 2.30. The van der Waals surface area contributed by atoms with Gasteiger partial charge in [0.1, 0.15) is 5.82 Å². The fourth-order valence-corrected chi connectivity index (χ4v) is 3.60. The Bertz CT molecular complexity index is 692. The topological polar surface area (TPSA) is 30.5 Å². The average molecular weight is 323 g/mol. The van der Waals surface area contributed by atoms with Crippen LogP contribution in [0.5, 0.6) is 0 Å². The lowest BCUT2D eigenvalue weighted by Crippen LogP contribution is -2.44. The molecule has 0 unspecified atom stereocenters. The van der Waals surface area contributed by atoms with E-state index in [1.165, 1.54) is 22.7 Å².